The molecule has 1 N–H and O–H groups in total. The average Bonchev–Trinajstić information content (AvgIpc) is 1.93. The molecule has 1 aliphatic heterocycles. The summed E-state index contributed by atoms with van der Waals surface area (Å²) in [5.74, 6) is -0.286. The largest absolute Gasteiger partial charge is 0.355 e. The molecule has 0 spiro atoms. The van der Waals surface area contributed by atoms with Gasteiger partial charge in [0.1, 0.15) is 6.21 Å². The van der Waals surface area contributed by atoms with E-state index in [-0.39, 0.29) is 5.91 Å². The van der Waals surface area contributed by atoms with Crippen molar-refractivity contribution in [3.63, 3.8) is 0 Å². The van der Waals surface area contributed by atoms with Crippen molar-refractivity contribution < 1.29 is 9.90 Å². The molecule has 1 unspecified atom stereocenters. The quantitative estimate of drug-likeness (QED) is 0.456. The Bertz CT molecular complexity index is 180. The Labute approximate surface area is 58.5 Å². The van der Waals surface area contributed by atoms with Crippen LogP contribution in [0, 0.1) is 0 Å². The Morgan fingerprint density at radius 2 is 2.30 bits per heavy atom. The zero-order valence-electron chi connectivity index (χ0n) is 5.85. The molecule has 0 aromatic carbocycles. The summed E-state index contributed by atoms with van der Waals surface area (Å²) in [5, 5.41) is 14.0. The zero-order chi connectivity index (χ0) is 7.72. The highest BCUT2D eigenvalue weighted by atomic mass is 16.3. The summed E-state index contributed by atoms with van der Waals surface area (Å²) >= 11 is 0. The van der Waals surface area contributed by atoms with Crippen LogP contribution in [0.2, 0.25) is 0 Å². The summed E-state index contributed by atoms with van der Waals surface area (Å²) in [4.78, 5) is 11.9. The fourth-order valence-electron chi connectivity index (χ4n) is 0.656. The highest BCUT2D eigenvalue weighted by molar-refractivity contribution is 6.26. The number of amides is 1. The molecule has 0 aliphatic carbocycles. The molecule has 0 radical (unpaired) electrons. The highest BCUT2D eigenvalue weighted by Crippen LogP contribution is 2.02. The Morgan fingerprint density at radius 1 is 1.70 bits per heavy atom. The van der Waals surface area contributed by atoms with Gasteiger partial charge < -0.3 is 5.11 Å². The van der Waals surface area contributed by atoms with Crippen LogP contribution in [-0.2, 0) is 4.79 Å². The lowest BCUT2D eigenvalue weighted by Gasteiger charge is -2.31. The standard InChI is InChI=1S/C5H9N3O2/c1-7-4(9)3-6-8(2)5(7)10/h3,5,10H,1-2H3. The van der Waals surface area contributed by atoms with Gasteiger partial charge in [0.2, 0.25) is 6.35 Å². The maximum absolute atomic E-state index is 10.7. The van der Waals surface area contributed by atoms with Crippen molar-refractivity contribution in [2.75, 3.05) is 14.1 Å². The Morgan fingerprint density at radius 3 is 2.80 bits per heavy atom. The fourth-order valence-corrected chi connectivity index (χ4v) is 0.656. The van der Waals surface area contributed by atoms with E-state index in [4.69, 9.17) is 5.11 Å². The molecule has 1 aliphatic rings. The third kappa shape index (κ3) is 0.950. The summed E-state index contributed by atoms with van der Waals surface area (Å²) in [6.45, 7) is 0. The molecule has 0 saturated heterocycles. The van der Waals surface area contributed by atoms with Crippen LogP contribution < -0.4 is 0 Å². The van der Waals surface area contributed by atoms with Crippen molar-refractivity contribution in [2.45, 2.75) is 6.35 Å². The van der Waals surface area contributed by atoms with Crippen LogP contribution in [0.15, 0.2) is 5.10 Å². The van der Waals surface area contributed by atoms with Crippen LogP contribution in [0.4, 0.5) is 0 Å². The Balaban J connectivity index is 2.79. The lowest BCUT2D eigenvalue weighted by Crippen LogP contribution is -2.49. The predicted octanol–water partition coefficient (Wildman–Crippen LogP) is -1.35. The Kier molecular flexibility index (Phi) is 1.58. The molecule has 1 heterocycles. The van der Waals surface area contributed by atoms with E-state index >= 15 is 0 Å². The minimum Gasteiger partial charge on any atom is -0.355 e. The first kappa shape index (κ1) is 7.01. The molecule has 0 aromatic heterocycles. The van der Waals surface area contributed by atoms with E-state index in [0.29, 0.717) is 0 Å². The van der Waals surface area contributed by atoms with Gasteiger partial charge in [0.25, 0.3) is 5.91 Å². The van der Waals surface area contributed by atoms with Crippen LogP contribution in [0.3, 0.4) is 0 Å². The number of hydrogen-bond donors (Lipinski definition) is 1. The van der Waals surface area contributed by atoms with Gasteiger partial charge in [-0.2, -0.15) is 5.10 Å². The number of rotatable bonds is 0. The van der Waals surface area contributed by atoms with Crippen LogP contribution in [0.5, 0.6) is 0 Å². The van der Waals surface area contributed by atoms with E-state index in [0.717, 1.165) is 6.21 Å². The molecule has 1 rings (SSSR count). The molecular weight excluding hydrogens is 134 g/mol. The van der Waals surface area contributed by atoms with Crippen molar-refractivity contribution in [1.82, 2.24) is 9.91 Å². The van der Waals surface area contributed by atoms with Crippen LogP contribution in [0.1, 0.15) is 0 Å². The van der Waals surface area contributed by atoms with E-state index in [1.54, 1.807) is 7.05 Å². The van der Waals surface area contributed by atoms with Gasteiger partial charge in [0.05, 0.1) is 0 Å². The molecule has 0 bridgehead atoms. The fraction of sp³-hybridized carbons (Fsp3) is 0.600. The average molecular weight is 143 g/mol. The second kappa shape index (κ2) is 2.26. The lowest BCUT2D eigenvalue weighted by atomic mass is 10.5. The van der Waals surface area contributed by atoms with E-state index in [1.807, 2.05) is 0 Å². The molecular formula is C5H9N3O2. The molecule has 0 saturated carbocycles. The summed E-state index contributed by atoms with van der Waals surface area (Å²) in [5.41, 5.74) is 0. The van der Waals surface area contributed by atoms with Gasteiger partial charge in [-0.25, -0.2) is 0 Å². The first-order valence-electron chi connectivity index (χ1n) is 2.84. The van der Waals surface area contributed by atoms with Gasteiger partial charge >= 0.3 is 0 Å². The zero-order valence-corrected chi connectivity index (χ0v) is 5.85. The number of nitrogens with zero attached hydrogens (tertiary/aromatic N) is 3. The smallest absolute Gasteiger partial charge is 0.270 e. The molecule has 5 nitrogen and oxygen atoms in total. The van der Waals surface area contributed by atoms with Crippen molar-refractivity contribution in [3.05, 3.63) is 0 Å². The minimum atomic E-state index is -0.933. The molecule has 0 fully saturated rings. The monoisotopic (exact) mass is 143 g/mol. The summed E-state index contributed by atoms with van der Waals surface area (Å²) in [7, 11) is 3.10. The van der Waals surface area contributed by atoms with Gasteiger partial charge in [-0.15, -0.1) is 0 Å². The topological polar surface area (TPSA) is 56.1 Å². The first-order chi connectivity index (χ1) is 4.63. The van der Waals surface area contributed by atoms with Gasteiger partial charge in [0, 0.05) is 14.1 Å². The number of carbonyl (C=O) groups excluding carboxylic acids is 1. The van der Waals surface area contributed by atoms with Crippen LogP contribution in [-0.4, -0.2) is 47.6 Å². The number of hydrazone groups is 1. The van der Waals surface area contributed by atoms with Crippen molar-refractivity contribution in [3.8, 4) is 0 Å². The maximum Gasteiger partial charge on any atom is 0.270 e. The molecule has 0 aromatic rings. The minimum absolute atomic E-state index is 0.286. The SMILES string of the molecule is CN1N=CC(=O)N(C)C1O. The molecule has 1 amide bonds. The number of aliphatic hydroxyl groups excluding tert-OH is 1. The van der Waals surface area contributed by atoms with Gasteiger partial charge in [0.15, 0.2) is 0 Å². The van der Waals surface area contributed by atoms with E-state index < -0.39 is 6.35 Å². The molecule has 1 atom stereocenters. The maximum atomic E-state index is 10.7. The van der Waals surface area contributed by atoms with Gasteiger partial charge in [-0.3, -0.25) is 14.7 Å². The van der Waals surface area contributed by atoms with E-state index in [1.165, 1.54) is 17.0 Å². The second-order valence-electron chi connectivity index (χ2n) is 2.11. The summed E-state index contributed by atoms with van der Waals surface area (Å²) in [6, 6.07) is 0. The molecule has 5 heteroatoms. The number of aliphatic hydroxyl groups is 1. The second-order valence-corrected chi connectivity index (χ2v) is 2.11. The van der Waals surface area contributed by atoms with Crippen LogP contribution in [0.25, 0.3) is 0 Å². The normalized spacial score (nSPS) is 25.9. The third-order valence-corrected chi connectivity index (χ3v) is 1.38. The summed E-state index contributed by atoms with van der Waals surface area (Å²) in [6.07, 6.45) is 0.227. The summed E-state index contributed by atoms with van der Waals surface area (Å²) < 4.78 is 0. The highest BCUT2D eigenvalue weighted by Gasteiger charge is 2.22. The third-order valence-electron chi connectivity index (χ3n) is 1.38. The molecule has 56 valence electrons. The Hall–Kier alpha value is -1.10. The van der Waals surface area contributed by atoms with Crippen molar-refractivity contribution >= 4 is 12.1 Å². The van der Waals surface area contributed by atoms with Gasteiger partial charge in [-0.1, -0.05) is 0 Å². The lowest BCUT2D eigenvalue weighted by molar-refractivity contribution is -0.148. The predicted molar refractivity (Wildman–Crippen MR) is 35.0 cm³/mol. The first-order valence-corrected chi connectivity index (χ1v) is 2.84. The van der Waals surface area contributed by atoms with E-state index in [9.17, 15) is 4.79 Å². The van der Waals surface area contributed by atoms with Gasteiger partial charge in [-0.05, 0) is 0 Å². The van der Waals surface area contributed by atoms with Crippen LogP contribution >= 0.6 is 0 Å². The van der Waals surface area contributed by atoms with Crippen molar-refractivity contribution in [1.29, 1.82) is 0 Å². The number of hydrogen-bond acceptors (Lipinski definition) is 4. The molecule has 10 heavy (non-hydrogen) atoms. The van der Waals surface area contributed by atoms with Crippen molar-refractivity contribution in [2.24, 2.45) is 5.10 Å². The van der Waals surface area contributed by atoms with E-state index in [2.05, 4.69) is 5.10 Å². The number of carbonyl (C=O) groups is 1.